The van der Waals surface area contributed by atoms with Crippen LogP contribution in [0.2, 0.25) is 10.0 Å². The lowest BCUT2D eigenvalue weighted by molar-refractivity contribution is -0.135. The van der Waals surface area contributed by atoms with Gasteiger partial charge in [0.15, 0.2) is 0 Å². The zero-order chi connectivity index (χ0) is 31.6. The van der Waals surface area contributed by atoms with Gasteiger partial charge in [-0.1, -0.05) is 140 Å². The fourth-order valence-electron chi connectivity index (χ4n) is 6.66. The predicted octanol–water partition coefficient (Wildman–Crippen LogP) is 9.44. The number of hydrogen-bond acceptors (Lipinski definition) is 3. The van der Waals surface area contributed by atoms with Gasteiger partial charge in [0, 0.05) is 6.54 Å². The number of halogens is 3. The molecule has 0 spiro atoms. The molecule has 1 aliphatic carbocycles. The van der Waals surface area contributed by atoms with Crippen LogP contribution in [0.3, 0.4) is 0 Å². The summed E-state index contributed by atoms with van der Waals surface area (Å²) in [5.74, 6) is -0.0422. The van der Waals surface area contributed by atoms with Crippen LogP contribution in [0.25, 0.3) is 0 Å². The summed E-state index contributed by atoms with van der Waals surface area (Å²) < 4.78 is 6.97. The lowest BCUT2D eigenvalue weighted by atomic mass is 9.80. The summed E-state index contributed by atoms with van der Waals surface area (Å²) in [4.78, 5) is 15.2. The van der Waals surface area contributed by atoms with E-state index in [0.717, 1.165) is 42.4 Å². The number of amides is 1. The van der Waals surface area contributed by atoms with Gasteiger partial charge in [0.1, 0.15) is 11.5 Å². The molecule has 4 aromatic rings. The van der Waals surface area contributed by atoms with E-state index in [1.165, 1.54) is 6.42 Å². The standard InChI is InChI=1S/C38H40Cl3NO3/c39-26-36(44)42(27-28-13-5-1-6-14-28)37(29-21-22-33(40)34(41)25-29)35(43)23-24-45-38(30-15-7-2-8-16-30,31-17-9-3-10-18-31)32-19-11-4-12-20-32/h2-4,7-12,15-22,25,28,35,37,43H,1,5-6,13-14,23-24,26-27H2. The largest absolute Gasteiger partial charge is 0.391 e. The molecule has 7 heteroatoms. The Balaban J connectivity index is 1.49. The van der Waals surface area contributed by atoms with Crippen molar-refractivity contribution in [3.8, 4) is 0 Å². The van der Waals surface area contributed by atoms with Crippen molar-refractivity contribution in [2.45, 2.75) is 56.3 Å². The predicted molar refractivity (Wildman–Crippen MR) is 184 cm³/mol. The zero-order valence-electron chi connectivity index (χ0n) is 25.3. The van der Waals surface area contributed by atoms with Gasteiger partial charge >= 0.3 is 0 Å². The molecular formula is C38H40Cl3NO3. The molecule has 2 unspecified atom stereocenters. The number of aliphatic hydroxyl groups is 1. The Morgan fingerprint density at radius 1 is 0.800 bits per heavy atom. The van der Waals surface area contributed by atoms with Crippen molar-refractivity contribution >= 4 is 40.7 Å². The fraction of sp³-hybridized carbons (Fsp3) is 0.342. The Bertz CT molecular complexity index is 1400. The quantitative estimate of drug-likeness (QED) is 0.114. The van der Waals surface area contributed by atoms with Gasteiger partial charge in [0.2, 0.25) is 5.91 Å². The number of alkyl halides is 1. The number of aliphatic hydroxyl groups excluding tert-OH is 1. The number of carbonyl (C=O) groups is 1. The van der Waals surface area contributed by atoms with Crippen LogP contribution >= 0.6 is 34.8 Å². The molecule has 5 rings (SSSR count). The van der Waals surface area contributed by atoms with Gasteiger partial charge in [-0.25, -0.2) is 0 Å². The van der Waals surface area contributed by atoms with Gasteiger partial charge in [0.05, 0.1) is 28.8 Å². The second kappa shape index (κ2) is 16.1. The highest BCUT2D eigenvalue weighted by Crippen LogP contribution is 2.41. The molecule has 1 aliphatic rings. The summed E-state index contributed by atoms with van der Waals surface area (Å²) in [6, 6.07) is 35.1. The first-order valence-electron chi connectivity index (χ1n) is 15.7. The highest BCUT2D eigenvalue weighted by molar-refractivity contribution is 6.42. The van der Waals surface area contributed by atoms with E-state index in [4.69, 9.17) is 39.5 Å². The minimum atomic E-state index is -0.960. The minimum absolute atomic E-state index is 0.174. The highest BCUT2D eigenvalue weighted by Gasteiger charge is 2.39. The second-order valence-electron chi connectivity index (χ2n) is 11.8. The van der Waals surface area contributed by atoms with Gasteiger partial charge in [-0.05, 0) is 59.6 Å². The van der Waals surface area contributed by atoms with Gasteiger partial charge in [-0.2, -0.15) is 0 Å². The summed E-state index contributed by atoms with van der Waals surface area (Å²) >= 11 is 18.9. The van der Waals surface area contributed by atoms with E-state index in [9.17, 15) is 9.90 Å². The number of nitrogens with zero attached hydrogens (tertiary/aromatic N) is 1. The van der Waals surface area contributed by atoms with Crippen molar-refractivity contribution in [2.24, 2.45) is 5.92 Å². The summed E-state index contributed by atoms with van der Waals surface area (Å²) in [5, 5.41) is 12.8. The third-order valence-corrected chi connectivity index (χ3v) is 9.84. The molecule has 4 aromatic carbocycles. The van der Waals surface area contributed by atoms with Gasteiger partial charge in [-0.15, -0.1) is 11.6 Å². The fourth-order valence-corrected chi connectivity index (χ4v) is 7.12. The molecule has 2 atom stereocenters. The van der Waals surface area contributed by atoms with Crippen LogP contribution in [0.4, 0.5) is 0 Å². The van der Waals surface area contributed by atoms with Gasteiger partial charge in [0.25, 0.3) is 0 Å². The monoisotopic (exact) mass is 663 g/mol. The molecule has 236 valence electrons. The first kappa shape index (κ1) is 33.5. The van der Waals surface area contributed by atoms with E-state index in [1.807, 2.05) is 60.7 Å². The molecular weight excluding hydrogens is 625 g/mol. The van der Waals surface area contributed by atoms with Crippen LogP contribution in [0.15, 0.2) is 109 Å². The second-order valence-corrected chi connectivity index (χ2v) is 12.9. The van der Waals surface area contributed by atoms with Crippen molar-refractivity contribution in [3.63, 3.8) is 0 Å². The lowest BCUT2D eigenvalue weighted by Gasteiger charge is -2.39. The Morgan fingerprint density at radius 2 is 1.33 bits per heavy atom. The molecule has 0 radical (unpaired) electrons. The molecule has 45 heavy (non-hydrogen) atoms. The van der Waals surface area contributed by atoms with Crippen LogP contribution in [-0.4, -0.2) is 41.0 Å². The average molecular weight is 665 g/mol. The summed E-state index contributed by atoms with van der Waals surface area (Å²) in [6.45, 7) is 0.736. The SMILES string of the molecule is O=C(CCl)N(CC1CCCCC1)C(c1ccc(Cl)c(Cl)c1)C(O)CCOC(c1ccccc1)(c1ccccc1)c1ccccc1. The Morgan fingerprint density at radius 3 is 1.82 bits per heavy atom. The van der Waals surface area contributed by atoms with Crippen LogP contribution in [-0.2, 0) is 15.1 Å². The zero-order valence-corrected chi connectivity index (χ0v) is 27.6. The summed E-state index contributed by atoms with van der Waals surface area (Å²) in [7, 11) is 0. The van der Waals surface area contributed by atoms with Crippen molar-refractivity contribution in [1.29, 1.82) is 0 Å². The maximum Gasteiger partial charge on any atom is 0.238 e. The molecule has 0 aliphatic heterocycles. The number of carbonyl (C=O) groups excluding carboxylic acids is 1. The van der Waals surface area contributed by atoms with Crippen LogP contribution in [0.5, 0.6) is 0 Å². The van der Waals surface area contributed by atoms with Crippen molar-refractivity contribution in [1.82, 2.24) is 4.90 Å². The Labute approximate surface area is 281 Å². The Hall–Kier alpha value is -2.86. The first-order valence-corrected chi connectivity index (χ1v) is 17.0. The number of hydrogen-bond donors (Lipinski definition) is 1. The van der Waals surface area contributed by atoms with E-state index in [0.29, 0.717) is 28.1 Å². The third-order valence-electron chi connectivity index (χ3n) is 8.87. The maximum atomic E-state index is 13.4. The third kappa shape index (κ3) is 7.93. The van der Waals surface area contributed by atoms with E-state index in [1.54, 1.807) is 17.0 Å². The first-order chi connectivity index (χ1) is 21.9. The van der Waals surface area contributed by atoms with E-state index < -0.39 is 17.7 Å². The van der Waals surface area contributed by atoms with E-state index in [2.05, 4.69) is 36.4 Å². The Kier molecular flexibility index (Phi) is 12.0. The minimum Gasteiger partial charge on any atom is -0.391 e. The number of ether oxygens (including phenoxy) is 1. The number of rotatable bonds is 13. The molecule has 0 heterocycles. The molecule has 0 aromatic heterocycles. The smallest absolute Gasteiger partial charge is 0.238 e. The van der Waals surface area contributed by atoms with Gasteiger partial charge in [-0.3, -0.25) is 4.79 Å². The van der Waals surface area contributed by atoms with Gasteiger partial charge < -0.3 is 14.7 Å². The van der Waals surface area contributed by atoms with E-state index in [-0.39, 0.29) is 24.8 Å². The summed E-state index contributed by atoms with van der Waals surface area (Å²) in [5.41, 5.74) is 2.74. The highest BCUT2D eigenvalue weighted by atomic mass is 35.5. The number of benzene rings is 4. The topological polar surface area (TPSA) is 49.8 Å². The van der Waals surface area contributed by atoms with Crippen molar-refractivity contribution < 1.29 is 14.6 Å². The van der Waals surface area contributed by atoms with Crippen molar-refractivity contribution in [2.75, 3.05) is 19.0 Å². The summed E-state index contributed by atoms with van der Waals surface area (Å²) in [6.07, 6.45) is 4.89. The van der Waals surface area contributed by atoms with Crippen LogP contribution in [0.1, 0.15) is 66.8 Å². The maximum absolute atomic E-state index is 13.4. The van der Waals surface area contributed by atoms with E-state index >= 15 is 0 Å². The molecule has 1 saturated carbocycles. The normalized spacial score (nSPS) is 15.4. The molecule has 0 saturated heterocycles. The molecule has 1 N–H and O–H groups in total. The molecule has 0 bridgehead atoms. The molecule has 4 nitrogen and oxygen atoms in total. The molecule has 1 amide bonds. The molecule has 1 fully saturated rings. The van der Waals surface area contributed by atoms with Crippen molar-refractivity contribution in [3.05, 3.63) is 141 Å². The lowest BCUT2D eigenvalue weighted by Crippen LogP contribution is -2.45. The van der Waals surface area contributed by atoms with Crippen LogP contribution in [0, 0.1) is 5.92 Å². The average Bonchev–Trinajstić information content (AvgIpc) is 3.09. The van der Waals surface area contributed by atoms with Crippen LogP contribution < -0.4 is 0 Å².